The zero-order valence-electron chi connectivity index (χ0n) is 10.8. The number of para-hydroxylation sites is 1. The van der Waals surface area contributed by atoms with Gasteiger partial charge < -0.3 is 0 Å². The molecule has 1 aromatic carbocycles. The Kier molecular flexibility index (Phi) is 3.25. The Bertz CT molecular complexity index is 749. The van der Waals surface area contributed by atoms with Gasteiger partial charge in [-0.25, -0.2) is 9.97 Å². The SMILES string of the molecule is CCc1cccc2c(Cl)nc(-c3cscc3C)nc12. The first-order chi connectivity index (χ1) is 9.20. The maximum absolute atomic E-state index is 6.31. The molecule has 0 bridgehead atoms. The standard InChI is InChI=1S/C15H13ClN2S/c1-3-10-5-4-6-11-13(10)17-15(18-14(11)16)12-8-19-7-9(12)2/h4-8H,3H2,1-2H3. The smallest absolute Gasteiger partial charge is 0.162 e. The first-order valence-corrected chi connectivity index (χ1v) is 7.51. The molecule has 0 fully saturated rings. The van der Waals surface area contributed by atoms with E-state index in [4.69, 9.17) is 16.6 Å². The fourth-order valence-corrected chi connectivity index (χ4v) is 3.23. The Balaban J connectivity index is 2.32. The van der Waals surface area contributed by atoms with Crippen LogP contribution in [0.15, 0.2) is 29.0 Å². The van der Waals surface area contributed by atoms with Crippen LogP contribution >= 0.6 is 22.9 Å². The zero-order chi connectivity index (χ0) is 13.4. The average Bonchev–Trinajstić information content (AvgIpc) is 2.84. The van der Waals surface area contributed by atoms with Crippen LogP contribution < -0.4 is 0 Å². The molecular formula is C15H13ClN2S. The minimum absolute atomic E-state index is 0.529. The number of benzene rings is 1. The predicted octanol–water partition coefficient (Wildman–Crippen LogP) is 4.88. The molecule has 19 heavy (non-hydrogen) atoms. The van der Waals surface area contributed by atoms with E-state index in [1.54, 1.807) is 11.3 Å². The molecule has 96 valence electrons. The molecule has 0 aliphatic rings. The van der Waals surface area contributed by atoms with Crippen LogP contribution in [0.3, 0.4) is 0 Å². The lowest BCUT2D eigenvalue weighted by atomic mass is 10.1. The lowest BCUT2D eigenvalue weighted by molar-refractivity contribution is 1.13. The Morgan fingerprint density at radius 3 is 2.74 bits per heavy atom. The van der Waals surface area contributed by atoms with Crippen molar-refractivity contribution in [1.82, 2.24) is 9.97 Å². The average molecular weight is 289 g/mol. The van der Waals surface area contributed by atoms with E-state index in [1.165, 1.54) is 11.1 Å². The summed E-state index contributed by atoms with van der Waals surface area (Å²) in [6, 6.07) is 6.07. The van der Waals surface area contributed by atoms with Crippen molar-refractivity contribution in [2.24, 2.45) is 0 Å². The van der Waals surface area contributed by atoms with Gasteiger partial charge in [0.05, 0.1) is 5.52 Å². The third-order valence-corrected chi connectivity index (χ3v) is 4.39. The molecule has 0 amide bonds. The quantitative estimate of drug-likeness (QED) is 0.628. The molecule has 0 radical (unpaired) electrons. The Hall–Kier alpha value is -1.45. The highest BCUT2D eigenvalue weighted by Crippen LogP contribution is 2.29. The summed E-state index contributed by atoms with van der Waals surface area (Å²) in [5.74, 6) is 0.720. The maximum atomic E-state index is 6.31. The second-order valence-electron chi connectivity index (χ2n) is 4.47. The van der Waals surface area contributed by atoms with E-state index in [-0.39, 0.29) is 0 Å². The second kappa shape index (κ2) is 4.91. The van der Waals surface area contributed by atoms with Gasteiger partial charge in [-0.15, -0.1) is 0 Å². The molecule has 2 aromatic heterocycles. The van der Waals surface area contributed by atoms with Crippen LogP contribution in [0.25, 0.3) is 22.3 Å². The molecule has 0 saturated heterocycles. The number of aryl methyl sites for hydroxylation is 2. The highest BCUT2D eigenvalue weighted by Gasteiger charge is 2.12. The van der Waals surface area contributed by atoms with Gasteiger partial charge in [0.25, 0.3) is 0 Å². The molecule has 0 atom stereocenters. The molecular weight excluding hydrogens is 276 g/mol. The number of hydrogen-bond donors (Lipinski definition) is 0. The summed E-state index contributed by atoms with van der Waals surface area (Å²) in [5.41, 5.74) is 4.43. The van der Waals surface area contributed by atoms with E-state index >= 15 is 0 Å². The summed E-state index contributed by atoms with van der Waals surface area (Å²) in [7, 11) is 0. The van der Waals surface area contributed by atoms with Crippen molar-refractivity contribution in [3.05, 3.63) is 45.2 Å². The van der Waals surface area contributed by atoms with Crippen molar-refractivity contribution in [3.63, 3.8) is 0 Å². The van der Waals surface area contributed by atoms with Gasteiger partial charge in [0.2, 0.25) is 0 Å². The van der Waals surface area contributed by atoms with Crippen LogP contribution in [0.1, 0.15) is 18.1 Å². The van der Waals surface area contributed by atoms with Gasteiger partial charge in [0.15, 0.2) is 5.82 Å². The fourth-order valence-electron chi connectivity index (χ4n) is 2.17. The number of aromatic nitrogens is 2. The van der Waals surface area contributed by atoms with E-state index in [0.717, 1.165) is 28.7 Å². The molecule has 0 N–H and O–H groups in total. The highest BCUT2D eigenvalue weighted by atomic mass is 35.5. The van der Waals surface area contributed by atoms with E-state index in [1.807, 2.05) is 12.1 Å². The maximum Gasteiger partial charge on any atom is 0.162 e. The third kappa shape index (κ3) is 2.13. The number of thiophene rings is 1. The molecule has 3 rings (SSSR count). The van der Waals surface area contributed by atoms with E-state index in [9.17, 15) is 0 Å². The van der Waals surface area contributed by atoms with E-state index in [0.29, 0.717) is 5.15 Å². The number of hydrogen-bond acceptors (Lipinski definition) is 3. The topological polar surface area (TPSA) is 25.8 Å². The van der Waals surface area contributed by atoms with Gasteiger partial charge in [-0.05, 0) is 35.9 Å². The summed E-state index contributed by atoms with van der Waals surface area (Å²) in [5, 5.41) is 5.63. The van der Waals surface area contributed by atoms with Crippen molar-refractivity contribution < 1.29 is 0 Å². The van der Waals surface area contributed by atoms with Crippen LogP contribution in [0.4, 0.5) is 0 Å². The van der Waals surface area contributed by atoms with Crippen molar-refractivity contribution in [2.75, 3.05) is 0 Å². The summed E-state index contributed by atoms with van der Waals surface area (Å²) in [6.07, 6.45) is 0.937. The normalized spacial score (nSPS) is 11.1. The lowest BCUT2D eigenvalue weighted by Crippen LogP contribution is -1.95. The van der Waals surface area contributed by atoms with Gasteiger partial charge in [-0.3, -0.25) is 0 Å². The van der Waals surface area contributed by atoms with Crippen LogP contribution in [0.5, 0.6) is 0 Å². The molecule has 0 unspecified atom stereocenters. The van der Waals surface area contributed by atoms with Crippen LogP contribution in [0.2, 0.25) is 5.15 Å². The molecule has 4 heteroatoms. The fraction of sp³-hybridized carbons (Fsp3) is 0.200. The minimum Gasteiger partial charge on any atom is -0.228 e. The molecule has 3 aromatic rings. The summed E-state index contributed by atoms with van der Waals surface area (Å²) < 4.78 is 0. The lowest BCUT2D eigenvalue weighted by Gasteiger charge is -2.07. The number of fused-ring (bicyclic) bond motifs is 1. The molecule has 0 spiro atoms. The van der Waals surface area contributed by atoms with Crippen molar-refractivity contribution in [1.29, 1.82) is 0 Å². The molecule has 2 heterocycles. The summed E-state index contributed by atoms with van der Waals surface area (Å²) in [4.78, 5) is 9.16. The van der Waals surface area contributed by atoms with Gasteiger partial charge in [-0.2, -0.15) is 11.3 Å². The van der Waals surface area contributed by atoms with Gasteiger partial charge in [0, 0.05) is 16.3 Å². The van der Waals surface area contributed by atoms with Crippen LogP contribution in [-0.4, -0.2) is 9.97 Å². The number of nitrogens with zero attached hydrogens (tertiary/aromatic N) is 2. The number of rotatable bonds is 2. The number of halogens is 1. The molecule has 0 aliphatic carbocycles. The van der Waals surface area contributed by atoms with Crippen LogP contribution in [-0.2, 0) is 6.42 Å². The zero-order valence-corrected chi connectivity index (χ0v) is 12.3. The highest BCUT2D eigenvalue weighted by molar-refractivity contribution is 7.08. The van der Waals surface area contributed by atoms with E-state index < -0.39 is 0 Å². The molecule has 0 aliphatic heterocycles. The first-order valence-electron chi connectivity index (χ1n) is 6.19. The van der Waals surface area contributed by atoms with Gasteiger partial charge in [0.1, 0.15) is 5.15 Å². The van der Waals surface area contributed by atoms with E-state index in [2.05, 4.69) is 35.7 Å². The minimum atomic E-state index is 0.529. The molecule has 0 saturated carbocycles. The van der Waals surface area contributed by atoms with Crippen LogP contribution in [0, 0.1) is 6.92 Å². The second-order valence-corrected chi connectivity index (χ2v) is 5.57. The summed E-state index contributed by atoms with van der Waals surface area (Å²) >= 11 is 7.97. The Labute approximate surface area is 121 Å². The van der Waals surface area contributed by atoms with Gasteiger partial charge in [-0.1, -0.05) is 30.7 Å². The predicted molar refractivity (Wildman–Crippen MR) is 82.0 cm³/mol. The Morgan fingerprint density at radius 1 is 1.21 bits per heavy atom. The monoisotopic (exact) mass is 288 g/mol. The van der Waals surface area contributed by atoms with Crippen molar-refractivity contribution >= 4 is 33.8 Å². The third-order valence-electron chi connectivity index (χ3n) is 3.24. The van der Waals surface area contributed by atoms with Crippen molar-refractivity contribution in [2.45, 2.75) is 20.3 Å². The summed E-state index contributed by atoms with van der Waals surface area (Å²) in [6.45, 7) is 4.19. The first kappa shape index (κ1) is 12.6. The molecule has 2 nitrogen and oxygen atoms in total. The Morgan fingerprint density at radius 2 is 2.05 bits per heavy atom. The van der Waals surface area contributed by atoms with Gasteiger partial charge >= 0.3 is 0 Å². The van der Waals surface area contributed by atoms with Crippen molar-refractivity contribution in [3.8, 4) is 11.4 Å². The largest absolute Gasteiger partial charge is 0.228 e.